The minimum Gasteiger partial charge on any atom is -0.217 e. The van der Waals surface area contributed by atoms with Crippen LogP contribution in [0.1, 0.15) is 32.4 Å². The lowest BCUT2D eigenvalue weighted by atomic mass is 10.2. The lowest BCUT2D eigenvalue weighted by Crippen LogP contribution is -1.98. The molecule has 1 aromatic carbocycles. The van der Waals surface area contributed by atoms with E-state index in [1.54, 1.807) is 4.68 Å². The van der Waals surface area contributed by atoms with Gasteiger partial charge in [-0.25, -0.2) is 4.98 Å². The topological polar surface area (TPSA) is 56.5 Å². The Hall–Kier alpha value is -2.08. The summed E-state index contributed by atoms with van der Waals surface area (Å²) in [6, 6.07) is 9.99. The molecule has 0 saturated heterocycles. The first-order valence-corrected chi connectivity index (χ1v) is 8.08. The summed E-state index contributed by atoms with van der Waals surface area (Å²) in [7, 11) is 0. The molecule has 0 aliphatic carbocycles. The maximum Gasteiger partial charge on any atom is 0.234 e. The van der Waals surface area contributed by atoms with Gasteiger partial charge in [0, 0.05) is 5.56 Å². The summed E-state index contributed by atoms with van der Waals surface area (Å²) < 4.78 is 1.72. The lowest BCUT2D eigenvalue weighted by molar-refractivity contribution is 0.737. The zero-order chi connectivity index (χ0) is 16.1. The molecule has 0 saturated carbocycles. The summed E-state index contributed by atoms with van der Waals surface area (Å²) in [5.41, 5.74) is 1.07. The first kappa shape index (κ1) is 16.3. The van der Waals surface area contributed by atoms with E-state index in [4.69, 9.17) is 0 Å². The Morgan fingerprint density at radius 1 is 1.00 bits per heavy atom. The minimum absolute atomic E-state index is 0.740. The molecule has 0 radical (unpaired) electrons. The number of aryl methyl sites for hydroxylation is 2. The van der Waals surface area contributed by atoms with Crippen LogP contribution in [0.2, 0.25) is 0 Å². The molecule has 116 valence electrons. The minimum atomic E-state index is 0.740. The largest absolute Gasteiger partial charge is 0.234 e. The van der Waals surface area contributed by atoms with E-state index in [1.165, 1.54) is 11.3 Å². The second-order valence-corrected chi connectivity index (χ2v) is 6.56. The molecule has 2 heterocycles. The third kappa shape index (κ3) is 4.21. The molecular weight excluding hydrogens is 294 g/mol. The molecule has 0 spiro atoms. The average molecular weight is 315 g/mol. The van der Waals surface area contributed by atoms with Gasteiger partial charge in [-0.2, -0.15) is 4.68 Å². The van der Waals surface area contributed by atoms with Crippen molar-refractivity contribution in [3.05, 3.63) is 42.0 Å². The van der Waals surface area contributed by atoms with Crippen molar-refractivity contribution in [3.63, 3.8) is 0 Å². The van der Waals surface area contributed by atoms with E-state index in [-0.39, 0.29) is 0 Å². The third-order valence-electron chi connectivity index (χ3n) is 2.49. The summed E-state index contributed by atoms with van der Waals surface area (Å²) in [5, 5.41) is 14.3. The Morgan fingerprint density at radius 2 is 1.64 bits per heavy atom. The fraction of sp³-hybridized carbons (Fsp3) is 0.375. The highest BCUT2D eigenvalue weighted by Gasteiger charge is 2.11. The molecule has 0 atom stereocenters. The molecule has 3 rings (SSSR count). The number of rotatable bonds is 2. The van der Waals surface area contributed by atoms with E-state index in [0.29, 0.717) is 0 Å². The zero-order valence-electron chi connectivity index (χ0n) is 13.6. The van der Waals surface area contributed by atoms with Crippen molar-refractivity contribution in [2.75, 3.05) is 0 Å². The van der Waals surface area contributed by atoms with Crippen LogP contribution in [0, 0.1) is 19.8 Å². The maximum atomic E-state index is 4.30. The number of nitrogens with zero attached hydrogens (tertiary/aromatic N) is 5. The molecule has 22 heavy (non-hydrogen) atoms. The van der Waals surface area contributed by atoms with Gasteiger partial charge in [0.15, 0.2) is 0 Å². The van der Waals surface area contributed by atoms with Crippen molar-refractivity contribution in [1.29, 1.82) is 0 Å². The van der Waals surface area contributed by atoms with Crippen molar-refractivity contribution >= 4 is 11.3 Å². The van der Waals surface area contributed by atoms with Gasteiger partial charge in [0.05, 0.1) is 0 Å². The first-order chi connectivity index (χ1) is 10.5. The van der Waals surface area contributed by atoms with E-state index in [0.717, 1.165) is 33.3 Å². The van der Waals surface area contributed by atoms with E-state index in [1.807, 2.05) is 44.2 Å². The van der Waals surface area contributed by atoms with E-state index < -0.39 is 0 Å². The van der Waals surface area contributed by atoms with Crippen molar-refractivity contribution in [3.8, 4) is 15.7 Å². The summed E-state index contributed by atoms with van der Waals surface area (Å²) >= 11 is 1.50. The highest BCUT2D eigenvalue weighted by Crippen LogP contribution is 2.25. The molecule has 0 aliphatic rings. The second-order valence-electron chi connectivity index (χ2n) is 5.61. The molecule has 2 aromatic heterocycles. The molecular formula is C16H21N5S. The Morgan fingerprint density at radius 3 is 2.18 bits per heavy atom. The number of hydrogen-bond donors (Lipinski definition) is 0. The summed E-state index contributed by atoms with van der Waals surface area (Å²) in [6.07, 6.45) is 0. The van der Waals surface area contributed by atoms with Crippen LogP contribution in [0.4, 0.5) is 0 Å². The van der Waals surface area contributed by atoms with Crippen LogP contribution in [-0.4, -0.2) is 25.0 Å². The Labute approximate surface area is 135 Å². The Kier molecular flexibility index (Phi) is 5.38. The summed E-state index contributed by atoms with van der Waals surface area (Å²) in [5.74, 6) is 2.40. The van der Waals surface area contributed by atoms with Crippen LogP contribution in [0.3, 0.4) is 0 Å². The van der Waals surface area contributed by atoms with E-state index in [9.17, 15) is 0 Å². The molecule has 3 aromatic rings. The second kappa shape index (κ2) is 7.26. The third-order valence-corrected chi connectivity index (χ3v) is 3.44. The fourth-order valence-corrected chi connectivity index (χ4v) is 2.55. The van der Waals surface area contributed by atoms with Crippen LogP contribution < -0.4 is 0 Å². The first-order valence-electron chi connectivity index (χ1n) is 7.27. The summed E-state index contributed by atoms with van der Waals surface area (Å²) in [6.45, 7) is 10.3. The normalized spacial score (nSPS) is 10.5. The average Bonchev–Trinajstić information content (AvgIpc) is 3.05. The standard InChI is InChI=1S/C12H11N5S.C4H10/c1-8-13-9(2)17(16-8)12-15-14-11(18-12)10-6-4-3-5-7-10;1-4(2)3/h3-7H,1-2H3;4H,1-3H3. The van der Waals surface area contributed by atoms with Crippen molar-refractivity contribution in [1.82, 2.24) is 25.0 Å². The highest BCUT2D eigenvalue weighted by molar-refractivity contribution is 7.17. The van der Waals surface area contributed by atoms with Gasteiger partial charge in [-0.1, -0.05) is 62.4 Å². The van der Waals surface area contributed by atoms with Crippen molar-refractivity contribution in [2.24, 2.45) is 5.92 Å². The Balaban J connectivity index is 0.000000396. The van der Waals surface area contributed by atoms with Gasteiger partial charge in [0.2, 0.25) is 5.13 Å². The van der Waals surface area contributed by atoms with Crippen molar-refractivity contribution < 1.29 is 0 Å². The molecule has 0 fully saturated rings. The van der Waals surface area contributed by atoms with Crippen molar-refractivity contribution in [2.45, 2.75) is 34.6 Å². The number of hydrogen-bond acceptors (Lipinski definition) is 5. The van der Waals surface area contributed by atoms with Gasteiger partial charge in [0.25, 0.3) is 0 Å². The maximum absolute atomic E-state index is 4.30. The zero-order valence-corrected chi connectivity index (χ0v) is 14.4. The van der Waals surface area contributed by atoms with Crippen LogP contribution >= 0.6 is 11.3 Å². The fourth-order valence-electron chi connectivity index (χ4n) is 1.70. The molecule has 0 N–H and O–H groups in total. The molecule has 6 heteroatoms. The monoisotopic (exact) mass is 315 g/mol. The summed E-state index contributed by atoms with van der Waals surface area (Å²) in [4.78, 5) is 4.26. The molecule has 5 nitrogen and oxygen atoms in total. The smallest absolute Gasteiger partial charge is 0.217 e. The SMILES string of the molecule is CC(C)C.Cc1nc(C)n(-c2nnc(-c3ccccc3)s2)n1. The highest BCUT2D eigenvalue weighted by atomic mass is 32.1. The van der Waals surface area contributed by atoms with Gasteiger partial charge >= 0.3 is 0 Å². The van der Waals surface area contributed by atoms with Crippen LogP contribution in [-0.2, 0) is 0 Å². The van der Waals surface area contributed by atoms with Crippen LogP contribution in [0.15, 0.2) is 30.3 Å². The van der Waals surface area contributed by atoms with Gasteiger partial charge in [0.1, 0.15) is 16.7 Å². The number of aromatic nitrogens is 5. The van der Waals surface area contributed by atoms with Gasteiger partial charge < -0.3 is 0 Å². The van der Waals surface area contributed by atoms with Crippen LogP contribution in [0.25, 0.3) is 15.7 Å². The van der Waals surface area contributed by atoms with Gasteiger partial charge in [-0.15, -0.1) is 15.3 Å². The van der Waals surface area contributed by atoms with Crippen LogP contribution in [0.5, 0.6) is 0 Å². The quantitative estimate of drug-likeness (QED) is 0.715. The molecule has 0 aliphatic heterocycles. The van der Waals surface area contributed by atoms with Gasteiger partial charge in [-0.05, 0) is 19.8 Å². The molecule has 0 bridgehead atoms. The van der Waals surface area contributed by atoms with E-state index >= 15 is 0 Å². The molecule has 0 unspecified atom stereocenters. The van der Waals surface area contributed by atoms with E-state index in [2.05, 4.69) is 41.1 Å². The predicted molar refractivity (Wildman–Crippen MR) is 90.2 cm³/mol. The lowest BCUT2D eigenvalue weighted by Gasteiger charge is -1.94. The predicted octanol–water partition coefficient (Wildman–Crippen LogP) is 4.06. The number of benzene rings is 1. The van der Waals surface area contributed by atoms with Gasteiger partial charge in [-0.3, -0.25) is 0 Å². The Bertz CT molecular complexity index is 712. The molecule has 0 amide bonds.